The Morgan fingerprint density at radius 2 is 2.15 bits per heavy atom. The van der Waals surface area contributed by atoms with Crippen molar-refractivity contribution in [1.82, 2.24) is 15.6 Å². The maximum atomic E-state index is 12.5. The number of ether oxygens (including phenoxy) is 1. The molecule has 0 aliphatic carbocycles. The summed E-state index contributed by atoms with van der Waals surface area (Å²) in [4.78, 5) is 8.29. The van der Waals surface area contributed by atoms with E-state index in [9.17, 15) is 13.2 Å². The predicted molar refractivity (Wildman–Crippen MR) is 95.3 cm³/mol. The lowest BCUT2D eigenvalue weighted by atomic mass is 10.2. The molecule has 1 atom stereocenters. The molecule has 6 nitrogen and oxygen atoms in total. The van der Waals surface area contributed by atoms with Crippen molar-refractivity contribution in [3.05, 3.63) is 23.9 Å². The molecule has 1 aliphatic rings. The summed E-state index contributed by atoms with van der Waals surface area (Å²) in [5.74, 6) is 1.17. The molecule has 0 spiro atoms. The van der Waals surface area contributed by atoms with Gasteiger partial charge in [-0.2, -0.15) is 13.2 Å². The summed E-state index contributed by atoms with van der Waals surface area (Å²) in [7, 11) is 0. The number of aliphatic imine (C=N–C) groups is 1. The Balaban J connectivity index is 1.66. The van der Waals surface area contributed by atoms with Gasteiger partial charge in [-0.15, -0.1) is 0 Å². The van der Waals surface area contributed by atoms with Crippen LogP contribution in [-0.2, 0) is 10.9 Å². The first kappa shape index (κ1) is 20.3. The van der Waals surface area contributed by atoms with Gasteiger partial charge in [-0.05, 0) is 38.3 Å². The summed E-state index contributed by atoms with van der Waals surface area (Å²) >= 11 is 0. The van der Waals surface area contributed by atoms with Crippen molar-refractivity contribution in [2.75, 3.05) is 38.1 Å². The minimum Gasteiger partial charge on any atom is -0.376 e. The van der Waals surface area contributed by atoms with Gasteiger partial charge in [0.25, 0.3) is 0 Å². The van der Waals surface area contributed by atoms with Crippen LogP contribution in [0.1, 0.15) is 31.7 Å². The molecule has 1 aromatic rings. The highest BCUT2D eigenvalue weighted by molar-refractivity contribution is 5.79. The molecule has 0 aromatic carbocycles. The third-order valence-electron chi connectivity index (χ3n) is 3.86. The van der Waals surface area contributed by atoms with Crippen molar-refractivity contribution in [2.45, 2.75) is 38.5 Å². The van der Waals surface area contributed by atoms with E-state index in [0.29, 0.717) is 25.5 Å². The van der Waals surface area contributed by atoms with Crippen LogP contribution in [-0.4, -0.2) is 49.8 Å². The second-order valence-electron chi connectivity index (χ2n) is 5.99. The van der Waals surface area contributed by atoms with Crippen LogP contribution in [0.3, 0.4) is 0 Å². The zero-order chi connectivity index (χ0) is 18.8. The summed E-state index contributed by atoms with van der Waals surface area (Å²) < 4.78 is 43.0. The minimum atomic E-state index is -4.36. The number of halogens is 3. The summed E-state index contributed by atoms with van der Waals surface area (Å²) in [5.41, 5.74) is -0.748. The quantitative estimate of drug-likeness (QED) is 0.371. The monoisotopic (exact) mass is 373 g/mol. The van der Waals surface area contributed by atoms with Crippen LogP contribution in [0.4, 0.5) is 19.0 Å². The van der Waals surface area contributed by atoms with E-state index < -0.39 is 11.7 Å². The van der Waals surface area contributed by atoms with Gasteiger partial charge in [0, 0.05) is 32.4 Å². The highest BCUT2D eigenvalue weighted by Crippen LogP contribution is 2.28. The number of alkyl halides is 3. The van der Waals surface area contributed by atoms with Crippen molar-refractivity contribution in [2.24, 2.45) is 4.99 Å². The number of guanidine groups is 1. The van der Waals surface area contributed by atoms with E-state index >= 15 is 0 Å². The summed E-state index contributed by atoms with van der Waals surface area (Å²) in [6.07, 6.45) is -0.408. The third kappa shape index (κ3) is 7.07. The molecule has 2 rings (SSSR count). The van der Waals surface area contributed by atoms with Gasteiger partial charge >= 0.3 is 6.18 Å². The van der Waals surface area contributed by atoms with Crippen molar-refractivity contribution in [3.63, 3.8) is 0 Å². The van der Waals surface area contributed by atoms with Crippen LogP contribution < -0.4 is 16.0 Å². The van der Waals surface area contributed by atoms with Gasteiger partial charge in [0.1, 0.15) is 5.82 Å². The average Bonchev–Trinajstić information content (AvgIpc) is 3.12. The van der Waals surface area contributed by atoms with Crippen LogP contribution in [0.25, 0.3) is 0 Å². The summed E-state index contributed by atoms with van der Waals surface area (Å²) in [6.45, 7) is 5.50. The van der Waals surface area contributed by atoms with Gasteiger partial charge in [-0.3, -0.25) is 4.99 Å². The fraction of sp³-hybridized carbons (Fsp3) is 0.647. The van der Waals surface area contributed by atoms with Crippen LogP contribution in [0, 0.1) is 0 Å². The maximum absolute atomic E-state index is 12.5. The number of aromatic nitrogens is 1. The summed E-state index contributed by atoms with van der Waals surface area (Å²) in [5, 5.41) is 9.42. The molecule has 0 bridgehead atoms. The molecule has 1 aliphatic heterocycles. The van der Waals surface area contributed by atoms with Gasteiger partial charge in [0.2, 0.25) is 0 Å². The van der Waals surface area contributed by atoms with Crippen LogP contribution in [0.15, 0.2) is 23.3 Å². The molecular weight excluding hydrogens is 347 g/mol. The van der Waals surface area contributed by atoms with Gasteiger partial charge in [0.05, 0.1) is 18.2 Å². The van der Waals surface area contributed by atoms with E-state index in [4.69, 9.17) is 4.74 Å². The fourth-order valence-electron chi connectivity index (χ4n) is 2.50. The van der Waals surface area contributed by atoms with E-state index in [1.165, 1.54) is 6.07 Å². The lowest BCUT2D eigenvalue weighted by Gasteiger charge is -2.13. The predicted octanol–water partition coefficient (Wildman–Crippen LogP) is 2.64. The van der Waals surface area contributed by atoms with E-state index in [1.54, 1.807) is 0 Å². The number of hydrogen-bond acceptors (Lipinski definition) is 4. The molecule has 0 saturated carbocycles. The fourth-order valence-corrected chi connectivity index (χ4v) is 2.50. The maximum Gasteiger partial charge on any atom is 0.417 e. The Hall–Kier alpha value is -2.03. The van der Waals surface area contributed by atoms with Crippen molar-refractivity contribution in [1.29, 1.82) is 0 Å². The molecule has 2 heterocycles. The van der Waals surface area contributed by atoms with Gasteiger partial charge < -0.3 is 20.7 Å². The van der Waals surface area contributed by atoms with E-state index in [2.05, 4.69) is 25.9 Å². The molecule has 0 radical (unpaired) electrons. The molecule has 26 heavy (non-hydrogen) atoms. The number of nitrogens with one attached hydrogen (secondary N) is 3. The Bertz CT molecular complexity index is 557. The topological polar surface area (TPSA) is 70.6 Å². The van der Waals surface area contributed by atoms with Gasteiger partial charge in [-0.25, -0.2) is 4.98 Å². The van der Waals surface area contributed by atoms with Crippen molar-refractivity contribution in [3.8, 4) is 0 Å². The van der Waals surface area contributed by atoms with E-state index in [0.717, 1.165) is 50.6 Å². The Morgan fingerprint density at radius 3 is 2.77 bits per heavy atom. The molecule has 1 saturated heterocycles. The Morgan fingerprint density at radius 1 is 1.31 bits per heavy atom. The smallest absolute Gasteiger partial charge is 0.376 e. The van der Waals surface area contributed by atoms with Crippen LogP contribution >= 0.6 is 0 Å². The normalized spacial score (nSPS) is 18.0. The molecule has 1 unspecified atom stereocenters. The molecule has 3 N–H and O–H groups in total. The van der Waals surface area contributed by atoms with Gasteiger partial charge in [0.15, 0.2) is 5.96 Å². The molecule has 146 valence electrons. The third-order valence-corrected chi connectivity index (χ3v) is 3.86. The number of anilines is 1. The second-order valence-corrected chi connectivity index (χ2v) is 5.99. The van der Waals surface area contributed by atoms with Crippen LogP contribution in [0.5, 0.6) is 0 Å². The SMILES string of the molecule is CCNC(=NCC1CCCO1)NCCCNc1ccc(C(F)(F)F)cn1. The van der Waals surface area contributed by atoms with Crippen molar-refractivity contribution < 1.29 is 17.9 Å². The largest absolute Gasteiger partial charge is 0.417 e. The van der Waals surface area contributed by atoms with Crippen LogP contribution in [0.2, 0.25) is 0 Å². The number of hydrogen-bond donors (Lipinski definition) is 3. The molecule has 1 aromatic heterocycles. The highest BCUT2D eigenvalue weighted by atomic mass is 19.4. The molecule has 0 amide bonds. The zero-order valence-electron chi connectivity index (χ0n) is 14.9. The Kier molecular flexibility index (Phi) is 7.96. The molecule has 1 fully saturated rings. The van der Waals surface area contributed by atoms with E-state index in [1.807, 2.05) is 6.92 Å². The Labute approximate surface area is 151 Å². The van der Waals surface area contributed by atoms with E-state index in [-0.39, 0.29) is 6.10 Å². The highest BCUT2D eigenvalue weighted by Gasteiger charge is 2.30. The molecular formula is C17H26F3N5O. The minimum absolute atomic E-state index is 0.206. The average molecular weight is 373 g/mol. The molecule has 9 heteroatoms. The first-order valence-electron chi connectivity index (χ1n) is 8.90. The first-order chi connectivity index (χ1) is 12.5. The number of pyridine rings is 1. The summed E-state index contributed by atoms with van der Waals surface area (Å²) in [6, 6.07) is 2.36. The lowest BCUT2D eigenvalue weighted by molar-refractivity contribution is -0.137. The lowest BCUT2D eigenvalue weighted by Crippen LogP contribution is -2.38. The van der Waals surface area contributed by atoms with Crippen molar-refractivity contribution >= 4 is 11.8 Å². The second kappa shape index (κ2) is 10.2. The number of nitrogens with zero attached hydrogens (tertiary/aromatic N) is 2. The number of rotatable bonds is 8. The zero-order valence-corrected chi connectivity index (χ0v) is 14.9. The van der Waals surface area contributed by atoms with Gasteiger partial charge in [-0.1, -0.05) is 0 Å². The first-order valence-corrected chi connectivity index (χ1v) is 8.90. The standard InChI is InChI=1S/C17H26F3N5O/c1-2-21-16(25-12-14-5-3-10-26-14)23-9-4-8-22-15-7-6-13(11-24-15)17(18,19)20/h6-7,11,14H,2-5,8-10,12H2,1H3,(H,22,24)(H2,21,23,25).